The van der Waals surface area contributed by atoms with E-state index >= 15 is 0 Å². The highest BCUT2D eigenvalue weighted by Gasteiger charge is 2.08. The summed E-state index contributed by atoms with van der Waals surface area (Å²) < 4.78 is 10.4. The second kappa shape index (κ2) is 5.44. The first-order valence-electron chi connectivity index (χ1n) is 5.05. The van der Waals surface area contributed by atoms with E-state index in [9.17, 15) is 0 Å². The van der Waals surface area contributed by atoms with Crippen LogP contribution in [-0.4, -0.2) is 14.2 Å². The molecule has 2 nitrogen and oxygen atoms in total. The van der Waals surface area contributed by atoms with Gasteiger partial charge in [-0.2, -0.15) is 0 Å². The maximum Gasteiger partial charge on any atom is 0.160 e. The maximum absolute atomic E-state index is 5.25. The smallest absolute Gasteiger partial charge is 0.160 e. The van der Waals surface area contributed by atoms with E-state index in [0.717, 1.165) is 17.9 Å². The minimum Gasteiger partial charge on any atom is -0.493 e. The highest BCUT2D eigenvalue weighted by molar-refractivity contribution is 5.43. The normalized spacial score (nSPS) is 11.9. The van der Waals surface area contributed by atoms with Crippen LogP contribution in [0.3, 0.4) is 0 Å². The van der Waals surface area contributed by atoms with Crippen LogP contribution in [0, 0.1) is 0 Å². The fraction of sp³-hybridized carbons (Fsp3) is 0.385. The quantitative estimate of drug-likeness (QED) is 0.687. The maximum atomic E-state index is 5.25. The molecule has 1 atom stereocenters. The molecule has 1 aromatic carbocycles. The van der Waals surface area contributed by atoms with Gasteiger partial charge in [0.05, 0.1) is 14.2 Å². The van der Waals surface area contributed by atoms with Crippen molar-refractivity contribution in [1.82, 2.24) is 0 Å². The lowest BCUT2D eigenvalue weighted by Gasteiger charge is -2.13. The molecule has 0 N–H and O–H groups in total. The minimum absolute atomic E-state index is 0.460. The first-order chi connectivity index (χ1) is 7.22. The third-order valence-corrected chi connectivity index (χ3v) is 2.50. The molecule has 0 fully saturated rings. The first kappa shape index (κ1) is 11.6. The molecule has 0 saturated carbocycles. The summed E-state index contributed by atoms with van der Waals surface area (Å²) in [6.45, 7) is 5.92. The Hall–Kier alpha value is -1.44. The molecule has 0 aliphatic rings. The molecular weight excluding hydrogens is 188 g/mol. The minimum atomic E-state index is 0.460. The third kappa shape index (κ3) is 2.75. The highest BCUT2D eigenvalue weighted by Crippen LogP contribution is 2.31. The number of hydrogen-bond donors (Lipinski definition) is 0. The number of allylic oxidation sites excluding steroid dienone is 1. The zero-order valence-electron chi connectivity index (χ0n) is 9.62. The van der Waals surface area contributed by atoms with Crippen LogP contribution in [-0.2, 0) is 0 Å². The van der Waals surface area contributed by atoms with Crippen LogP contribution in [0.1, 0.15) is 24.8 Å². The van der Waals surface area contributed by atoms with Gasteiger partial charge in [0, 0.05) is 0 Å². The van der Waals surface area contributed by atoms with E-state index in [4.69, 9.17) is 9.47 Å². The predicted molar refractivity (Wildman–Crippen MR) is 62.8 cm³/mol. The Kier molecular flexibility index (Phi) is 4.22. The van der Waals surface area contributed by atoms with Gasteiger partial charge in [-0.25, -0.2) is 0 Å². The van der Waals surface area contributed by atoms with E-state index in [1.807, 2.05) is 18.2 Å². The summed E-state index contributed by atoms with van der Waals surface area (Å²) in [5.41, 5.74) is 1.24. The fourth-order valence-electron chi connectivity index (χ4n) is 1.55. The van der Waals surface area contributed by atoms with E-state index < -0.39 is 0 Å². The standard InChI is InChI=1S/C13H18O2/c1-5-6-10(2)11-7-8-12(14-3)13(9-11)15-4/h5,7-10H,1,6H2,2-4H3. The van der Waals surface area contributed by atoms with Gasteiger partial charge in [-0.05, 0) is 30.0 Å². The van der Waals surface area contributed by atoms with E-state index in [2.05, 4.69) is 19.6 Å². The second-order valence-electron chi connectivity index (χ2n) is 3.54. The van der Waals surface area contributed by atoms with Gasteiger partial charge in [-0.1, -0.05) is 19.1 Å². The molecule has 0 saturated heterocycles. The fourth-order valence-corrected chi connectivity index (χ4v) is 1.55. The van der Waals surface area contributed by atoms with Gasteiger partial charge in [0.2, 0.25) is 0 Å². The molecule has 0 amide bonds. The van der Waals surface area contributed by atoms with E-state index in [-0.39, 0.29) is 0 Å². The van der Waals surface area contributed by atoms with Crippen LogP contribution in [0.15, 0.2) is 30.9 Å². The van der Waals surface area contributed by atoms with Crippen molar-refractivity contribution in [2.24, 2.45) is 0 Å². The molecule has 0 spiro atoms. The molecule has 0 heterocycles. The molecule has 15 heavy (non-hydrogen) atoms. The largest absolute Gasteiger partial charge is 0.493 e. The molecule has 0 radical (unpaired) electrons. The number of benzene rings is 1. The van der Waals surface area contributed by atoms with Crippen LogP contribution in [0.5, 0.6) is 11.5 Å². The van der Waals surface area contributed by atoms with Crippen molar-refractivity contribution < 1.29 is 9.47 Å². The van der Waals surface area contributed by atoms with Gasteiger partial charge in [0.25, 0.3) is 0 Å². The summed E-state index contributed by atoms with van der Waals surface area (Å²) in [5, 5.41) is 0. The molecule has 82 valence electrons. The van der Waals surface area contributed by atoms with Crippen molar-refractivity contribution in [1.29, 1.82) is 0 Å². The average molecular weight is 206 g/mol. The van der Waals surface area contributed by atoms with Gasteiger partial charge in [-0.3, -0.25) is 0 Å². The monoisotopic (exact) mass is 206 g/mol. The first-order valence-corrected chi connectivity index (χ1v) is 5.05. The Balaban J connectivity index is 2.96. The Bertz CT molecular complexity index is 331. The summed E-state index contributed by atoms with van der Waals surface area (Å²) in [4.78, 5) is 0. The van der Waals surface area contributed by atoms with Crippen molar-refractivity contribution in [3.05, 3.63) is 36.4 Å². The molecular formula is C13H18O2. The average Bonchev–Trinajstić information content (AvgIpc) is 2.28. The molecule has 2 heteroatoms. The summed E-state index contributed by atoms with van der Waals surface area (Å²) in [6, 6.07) is 6.02. The van der Waals surface area contributed by atoms with Crippen molar-refractivity contribution in [2.45, 2.75) is 19.3 Å². The van der Waals surface area contributed by atoms with Gasteiger partial charge in [0.1, 0.15) is 0 Å². The summed E-state index contributed by atoms with van der Waals surface area (Å²) in [6.07, 6.45) is 2.90. The van der Waals surface area contributed by atoms with Gasteiger partial charge < -0.3 is 9.47 Å². The van der Waals surface area contributed by atoms with Crippen LogP contribution in [0.25, 0.3) is 0 Å². The second-order valence-corrected chi connectivity index (χ2v) is 3.54. The zero-order chi connectivity index (χ0) is 11.3. The van der Waals surface area contributed by atoms with E-state index in [0.29, 0.717) is 5.92 Å². The molecule has 1 rings (SSSR count). The van der Waals surface area contributed by atoms with E-state index in [1.165, 1.54) is 5.56 Å². The van der Waals surface area contributed by atoms with Crippen molar-refractivity contribution >= 4 is 0 Å². The molecule has 0 bridgehead atoms. The molecule has 0 aliphatic carbocycles. The Morgan fingerprint density at radius 3 is 2.47 bits per heavy atom. The Morgan fingerprint density at radius 1 is 1.27 bits per heavy atom. The van der Waals surface area contributed by atoms with E-state index in [1.54, 1.807) is 14.2 Å². The van der Waals surface area contributed by atoms with Gasteiger partial charge in [-0.15, -0.1) is 6.58 Å². The van der Waals surface area contributed by atoms with Crippen LogP contribution in [0.4, 0.5) is 0 Å². The van der Waals surface area contributed by atoms with Crippen molar-refractivity contribution in [2.75, 3.05) is 14.2 Å². The summed E-state index contributed by atoms with van der Waals surface area (Å²) in [5.74, 6) is 2.01. The van der Waals surface area contributed by atoms with Crippen molar-refractivity contribution in [3.63, 3.8) is 0 Å². The lowest BCUT2D eigenvalue weighted by atomic mass is 9.97. The number of methoxy groups -OCH3 is 2. The molecule has 1 aromatic rings. The highest BCUT2D eigenvalue weighted by atomic mass is 16.5. The van der Waals surface area contributed by atoms with Gasteiger partial charge in [0.15, 0.2) is 11.5 Å². The molecule has 1 unspecified atom stereocenters. The lowest BCUT2D eigenvalue weighted by Crippen LogP contribution is -1.95. The van der Waals surface area contributed by atoms with Crippen LogP contribution < -0.4 is 9.47 Å². The molecule has 0 aromatic heterocycles. The number of rotatable bonds is 5. The van der Waals surface area contributed by atoms with Gasteiger partial charge >= 0.3 is 0 Å². The summed E-state index contributed by atoms with van der Waals surface area (Å²) in [7, 11) is 3.30. The number of hydrogen-bond acceptors (Lipinski definition) is 2. The Labute approximate surface area is 91.5 Å². The molecule has 0 aliphatic heterocycles. The topological polar surface area (TPSA) is 18.5 Å². The van der Waals surface area contributed by atoms with Crippen LogP contribution in [0.2, 0.25) is 0 Å². The SMILES string of the molecule is C=CCC(C)c1ccc(OC)c(OC)c1. The lowest BCUT2D eigenvalue weighted by molar-refractivity contribution is 0.354. The number of ether oxygens (including phenoxy) is 2. The predicted octanol–water partition coefficient (Wildman–Crippen LogP) is 3.38. The third-order valence-electron chi connectivity index (χ3n) is 2.50. The van der Waals surface area contributed by atoms with Crippen molar-refractivity contribution in [3.8, 4) is 11.5 Å². The Morgan fingerprint density at radius 2 is 1.93 bits per heavy atom. The zero-order valence-corrected chi connectivity index (χ0v) is 9.62. The van der Waals surface area contributed by atoms with Crippen LogP contribution >= 0.6 is 0 Å². The summed E-state index contributed by atoms with van der Waals surface area (Å²) >= 11 is 0.